The molecular weight excluding hydrogens is 260 g/mol. The van der Waals surface area contributed by atoms with E-state index >= 15 is 0 Å². The highest BCUT2D eigenvalue weighted by atomic mass is 16.5. The van der Waals surface area contributed by atoms with E-state index in [1.807, 2.05) is 12.1 Å². The van der Waals surface area contributed by atoms with Crippen molar-refractivity contribution in [1.29, 1.82) is 0 Å². The highest BCUT2D eigenvalue weighted by Crippen LogP contribution is 2.36. The Morgan fingerprint density at radius 1 is 1.10 bits per heavy atom. The molecule has 1 aliphatic carbocycles. The smallest absolute Gasteiger partial charge is 0.136 e. The van der Waals surface area contributed by atoms with E-state index in [1.54, 1.807) is 0 Å². The maximum atomic E-state index is 11.3. The van der Waals surface area contributed by atoms with Gasteiger partial charge in [0, 0.05) is 12.8 Å². The number of carbonyl (C=O) groups is 1. The Hall–Kier alpha value is -1.31. The van der Waals surface area contributed by atoms with Crippen molar-refractivity contribution in [3.63, 3.8) is 0 Å². The molecule has 0 heterocycles. The molecule has 2 rings (SSSR count). The molecule has 0 bridgehead atoms. The monoisotopic (exact) mass is 288 g/mol. The molecule has 2 nitrogen and oxygen atoms in total. The topological polar surface area (TPSA) is 26.3 Å². The minimum absolute atomic E-state index is 0.0749. The van der Waals surface area contributed by atoms with Gasteiger partial charge in [0.1, 0.15) is 17.6 Å². The maximum Gasteiger partial charge on any atom is 0.136 e. The molecule has 0 aliphatic heterocycles. The minimum atomic E-state index is 0.0749. The molecule has 1 saturated carbocycles. The quantitative estimate of drug-likeness (QED) is 0.787. The number of ether oxygens (including phenoxy) is 1. The number of hydrogen-bond donors (Lipinski definition) is 0. The van der Waals surface area contributed by atoms with Crippen molar-refractivity contribution in [2.75, 3.05) is 0 Å². The van der Waals surface area contributed by atoms with E-state index in [0.717, 1.165) is 18.6 Å². The Morgan fingerprint density at radius 2 is 1.71 bits per heavy atom. The summed E-state index contributed by atoms with van der Waals surface area (Å²) in [4.78, 5) is 11.3. The average molecular weight is 288 g/mol. The fraction of sp³-hybridized carbons (Fsp3) is 0.632. The average Bonchev–Trinajstić information content (AvgIpc) is 2.72. The van der Waals surface area contributed by atoms with Gasteiger partial charge in [-0.05, 0) is 41.4 Å². The molecule has 116 valence electrons. The zero-order valence-electron chi connectivity index (χ0n) is 14.0. The molecule has 21 heavy (non-hydrogen) atoms. The summed E-state index contributed by atoms with van der Waals surface area (Å²) in [6, 6.07) is 8.42. The summed E-state index contributed by atoms with van der Waals surface area (Å²) in [6.45, 7) is 11.4. The number of benzene rings is 1. The molecule has 0 saturated heterocycles. The largest absolute Gasteiger partial charge is 0.490 e. The van der Waals surface area contributed by atoms with Crippen LogP contribution in [0.1, 0.15) is 65.9 Å². The van der Waals surface area contributed by atoms with E-state index in [2.05, 4.69) is 46.8 Å². The predicted molar refractivity (Wildman–Crippen MR) is 86.8 cm³/mol. The Morgan fingerprint density at radius 3 is 2.19 bits per heavy atom. The molecule has 1 aliphatic rings. The van der Waals surface area contributed by atoms with Crippen molar-refractivity contribution in [2.45, 2.75) is 71.8 Å². The SMILES string of the molecule is CC(C)(C)CC(C)(C)c1ccc(OC2CCC(=O)C2)cc1. The van der Waals surface area contributed by atoms with Crippen LogP contribution in [-0.4, -0.2) is 11.9 Å². The maximum absolute atomic E-state index is 11.3. The van der Waals surface area contributed by atoms with Gasteiger partial charge in [0.05, 0.1) is 0 Å². The molecule has 2 heteroatoms. The van der Waals surface area contributed by atoms with Gasteiger partial charge in [-0.25, -0.2) is 0 Å². The van der Waals surface area contributed by atoms with Crippen LogP contribution in [0.2, 0.25) is 0 Å². The molecule has 1 aromatic carbocycles. The standard InChI is InChI=1S/C19H28O2/c1-18(2,3)13-19(4,5)14-6-9-16(10-7-14)21-17-11-8-15(20)12-17/h6-7,9-10,17H,8,11-13H2,1-5H3. The zero-order valence-corrected chi connectivity index (χ0v) is 14.0. The second-order valence-corrected chi connectivity index (χ2v) is 8.17. The van der Waals surface area contributed by atoms with Crippen LogP contribution >= 0.6 is 0 Å². The van der Waals surface area contributed by atoms with Gasteiger partial charge in [-0.3, -0.25) is 4.79 Å². The molecular formula is C19H28O2. The van der Waals surface area contributed by atoms with Crippen LogP contribution in [0.25, 0.3) is 0 Å². The first-order valence-corrected chi connectivity index (χ1v) is 7.95. The van der Waals surface area contributed by atoms with Crippen LogP contribution in [0, 0.1) is 5.41 Å². The van der Waals surface area contributed by atoms with Gasteiger partial charge in [0.25, 0.3) is 0 Å². The molecule has 1 aromatic rings. The highest BCUT2D eigenvalue weighted by Gasteiger charge is 2.27. The molecule has 0 spiro atoms. The van der Waals surface area contributed by atoms with Crippen LogP contribution in [0.3, 0.4) is 0 Å². The summed E-state index contributed by atoms with van der Waals surface area (Å²) >= 11 is 0. The lowest BCUT2D eigenvalue weighted by Crippen LogP contribution is -2.24. The molecule has 0 amide bonds. The lowest BCUT2D eigenvalue weighted by molar-refractivity contribution is -0.117. The third-order valence-electron chi connectivity index (χ3n) is 4.11. The van der Waals surface area contributed by atoms with Gasteiger partial charge in [0.2, 0.25) is 0 Å². The van der Waals surface area contributed by atoms with Crippen LogP contribution in [0.4, 0.5) is 0 Å². The summed E-state index contributed by atoms with van der Waals surface area (Å²) in [5, 5.41) is 0. The van der Waals surface area contributed by atoms with E-state index < -0.39 is 0 Å². The van der Waals surface area contributed by atoms with E-state index in [9.17, 15) is 4.79 Å². The zero-order chi connectivity index (χ0) is 15.7. The van der Waals surface area contributed by atoms with Gasteiger partial charge in [-0.1, -0.05) is 46.8 Å². The third-order valence-corrected chi connectivity index (χ3v) is 4.11. The first-order chi connectivity index (χ1) is 9.66. The molecule has 0 N–H and O–H groups in total. The summed E-state index contributed by atoms with van der Waals surface area (Å²) in [5.74, 6) is 1.20. The van der Waals surface area contributed by atoms with Crippen LogP contribution in [0.15, 0.2) is 24.3 Å². The Bertz CT molecular complexity index is 491. The molecule has 1 fully saturated rings. The van der Waals surface area contributed by atoms with Crippen molar-refractivity contribution in [3.8, 4) is 5.75 Å². The number of Topliss-reactive ketones (excluding diaryl/α,β-unsaturated/α-hetero) is 1. The number of hydrogen-bond acceptors (Lipinski definition) is 2. The fourth-order valence-electron chi connectivity index (χ4n) is 3.49. The predicted octanol–water partition coefficient (Wildman–Crippen LogP) is 4.90. The normalized spacial score (nSPS) is 19.9. The number of ketones is 1. The summed E-state index contributed by atoms with van der Waals surface area (Å²) in [5.41, 5.74) is 1.80. The van der Waals surface area contributed by atoms with Gasteiger partial charge >= 0.3 is 0 Å². The Labute approximate surface area is 128 Å². The lowest BCUT2D eigenvalue weighted by atomic mass is 9.72. The fourth-order valence-corrected chi connectivity index (χ4v) is 3.49. The first-order valence-electron chi connectivity index (χ1n) is 7.95. The van der Waals surface area contributed by atoms with Gasteiger partial charge in [-0.2, -0.15) is 0 Å². The van der Waals surface area contributed by atoms with Crippen molar-refractivity contribution in [2.24, 2.45) is 5.41 Å². The molecule has 1 atom stereocenters. The Kier molecular flexibility index (Phi) is 4.46. The second-order valence-electron chi connectivity index (χ2n) is 8.17. The third kappa shape index (κ3) is 4.59. The number of rotatable bonds is 4. The van der Waals surface area contributed by atoms with Crippen LogP contribution in [-0.2, 0) is 10.2 Å². The van der Waals surface area contributed by atoms with Gasteiger partial charge in [0.15, 0.2) is 0 Å². The highest BCUT2D eigenvalue weighted by molar-refractivity contribution is 5.81. The van der Waals surface area contributed by atoms with Gasteiger partial charge in [-0.15, -0.1) is 0 Å². The van der Waals surface area contributed by atoms with Crippen LogP contribution < -0.4 is 4.74 Å². The van der Waals surface area contributed by atoms with Crippen LogP contribution in [0.5, 0.6) is 5.75 Å². The molecule has 0 radical (unpaired) electrons. The molecule has 1 unspecified atom stereocenters. The summed E-state index contributed by atoms with van der Waals surface area (Å²) in [7, 11) is 0. The van der Waals surface area contributed by atoms with E-state index in [0.29, 0.717) is 24.0 Å². The molecule has 0 aromatic heterocycles. The van der Waals surface area contributed by atoms with Crippen molar-refractivity contribution >= 4 is 5.78 Å². The summed E-state index contributed by atoms with van der Waals surface area (Å²) in [6.07, 6.45) is 3.30. The van der Waals surface area contributed by atoms with E-state index in [1.165, 1.54) is 5.56 Å². The van der Waals surface area contributed by atoms with Crippen molar-refractivity contribution in [3.05, 3.63) is 29.8 Å². The van der Waals surface area contributed by atoms with Crippen molar-refractivity contribution < 1.29 is 9.53 Å². The summed E-state index contributed by atoms with van der Waals surface area (Å²) < 4.78 is 5.89. The van der Waals surface area contributed by atoms with E-state index in [4.69, 9.17) is 4.74 Å². The number of carbonyl (C=O) groups excluding carboxylic acids is 1. The van der Waals surface area contributed by atoms with Crippen molar-refractivity contribution in [1.82, 2.24) is 0 Å². The Balaban J connectivity index is 2.03. The first kappa shape index (κ1) is 16.1. The lowest BCUT2D eigenvalue weighted by Gasteiger charge is -2.33. The minimum Gasteiger partial charge on any atom is -0.490 e. The van der Waals surface area contributed by atoms with Gasteiger partial charge < -0.3 is 4.74 Å². The second kappa shape index (κ2) is 5.82. The van der Waals surface area contributed by atoms with E-state index in [-0.39, 0.29) is 11.5 Å².